The highest BCUT2D eigenvalue weighted by Gasteiger charge is 2.38. The summed E-state index contributed by atoms with van der Waals surface area (Å²) >= 11 is 0. The molecule has 2 heterocycles. The molecule has 3 atom stereocenters. The molecular formula is C27H46N6O4. The van der Waals surface area contributed by atoms with Crippen LogP contribution in [0.25, 0.3) is 0 Å². The molecule has 0 spiro atoms. The van der Waals surface area contributed by atoms with Crippen molar-refractivity contribution < 1.29 is 19.1 Å². The van der Waals surface area contributed by atoms with Gasteiger partial charge in [-0.15, -0.1) is 0 Å². The largest absolute Gasteiger partial charge is 0.450 e. The maximum Gasteiger partial charge on any atom is 0.413 e. The van der Waals surface area contributed by atoms with Gasteiger partial charge in [0.1, 0.15) is 11.6 Å². The summed E-state index contributed by atoms with van der Waals surface area (Å²) < 4.78 is 11.2. The van der Waals surface area contributed by atoms with Gasteiger partial charge < -0.3 is 24.6 Å². The van der Waals surface area contributed by atoms with E-state index in [1.165, 1.54) is 6.42 Å². The minimum atomic E-state index is -0.889. The number of carbonyl (C=O) groups excluding carboxylic acids is 2. The van der Waals surface area contributed by atoms with Gasteiger partial charge in [0.15, 0.2) is 0 Å². The molecule has 208 valence electrons. The van der Waals surface area contributed by atoms with Crippen LogP contribution in [0.3, 0.4) is 0 Å². The second kappa shape index (κ2) is 14.0. The van der Waals surface area contributed by atoms with Gasteiger partial charge in [0.05, 0.1) is 24.9 Å². The molecule has 3 fully saturated rings. The molecule has 1 saturated carbocycles. The molecular weight excluding hydrogens is 472 g/mol. The summed E-state index contributed by atoms with van der Waals surface area (Å²) in [6.07, 6.45) is 7.64. The summed E-state index contributed by atoms with van der Waals surface area (Å²) in [5.41, 5.74) is -0.889. The predicted octanol–water partition coefficient (Wildman–Crippen LogP) is 3.03. The lowest BCUT2D eigenvalue weighted by Gasteiger charge is -2.39. The van der Waals surface area contributed by atoms with Crippen LogP contribution in [0.15, 0.2) is 4.99 Å². The molecule has 3 rings (SSSR count). The third-order valence-corrected chi connectivity index (χ3v) is 7.85. The summed E-state index contributed by atoms with van der Waals surface area (Å²) in [5, 5.41) is 15.9. The van der Waals surface area contributed by atoms with Crippen molar-refractivity contribution in [1.29, 1.82) is 5.26 Å². The third-order valence-electron chi connectivity index (χ3n) is 7.85. The maximum absolute atomic E-state index is 13.8. The number of likely N-dealkylation sites (tertiary alicyclic amines) is 1. The number of alkyl carbamates (subject to hydrolysis) is 1. The number of carbonyl (C=O) groups is 2. The van der Waals surface area contributed by atoms with E-state index >= 15 is 0 Å². The SMILES string of the molecule is CCOC(=O)NC(=NC(CC1CCCCC1)C(=O)NC1(C#N)CCN(C)CC1)N1CC(C)OC(CC)C1. The zero-order valence-electron chi connectivity index (χ0n) is 23.1. The molecule has 3 unspecified atom stereocenters. The first kappa shape index (κ1) is 29.2. The number of piperidine rings is 1. The van der Waals surface area contributed by atoms with Gasteiger partial charge in [0, 0.05) is 26.2 Å². The van der Waals surface area contributed by atoms with Gasteiger partial charge in [-0.3, -0.25) is 10.1 Å². The Balaban J connectivity index is 1.89. The maximum atomic E-state index is 13.8. The van der Waals surface area contributed by atoms with Crippen LogP contribution >= 0.6 is 0 Å². The standard InChI is InChI=1S/C27H46N6O4/c1-5-22-18-33(17-20(3)37-22)25(30-26(35)36-6-2)29-23(16-21-10-8-7-9-11-21)24(34)31-27(19-28)12-14-32(4)15-13-27/h20-23H,5-18H2,1-4H3,(H,31,34)(H,29,30,35). The highest BCUT2D eigenvalue weighted by molar-refractivity contribution is 5.96. The first-order valence-electron chi connectivity index (χ1n) is 14.1. The highest BCUT2D eigenvalue weighted by atomic mass is 16.5. The summed E-state index contributed by atoms with van der Waals surface area (Å²) in [6, 6.07) is 1.68. The van der Waals surface area contributed by atoms with Crippen molar-refractivity contribution in [2.75, 3.05) is 39.8 Å². The Hall–Kier alpha value is -2.38. The van der Waals surface area contributed by atoms with Crippen molar-refractivity contribution >= 4 is 18.0 Å². The van der Waals surface area contributed by atoms with Crippen molar-refractivity contribution in [3.05, 3.63) is 0 Å². The highest BCUT2D eigenvalue weighted by Crippen LogP contribution is 2.29. The molecule has 0 aromatic carbocycles. The molecule has 2 N–H and O–H groups in total. The number of nitrogens with one attached hydrogen (secondary N) is 2. The van der Waals surface area contributed by atoms with Crippen molar-refractivity contribution in [2.45, 2.75) is 102 Å². The molecule has 3 aliphatic rings. The summed E-state index contributed by atoms with van der Waals surface area (Å²) in [6.45, 7) is 8.68. The molecule has 2 aliphatic heterocycles. The topological polar surface area (TPSA) is 119 Å². The number of hydrogen-bond donors (Lipinski definition) is 2. The van der Waals surface area contributed by atoms with E-state index in [4.69, 9.17) is 14.5 Å². The zero-order valence-corrected chi connectivity index (χ0v) is 23.1. The number of nitriles is 1. The smallest absolute Gasteiger partial charge is 0.413 e. The average molecular weight is 519 g/mol. The van der Waals surface area contributed by atoms with Gasteiger partial charge in [-0.1, -0.05) is 39.0 Å². The van der Waals surface area contributed by atoms with Gasteiger partial charge in [-0.25, -0.2) is 9.79 Å². The molecule has 0 bridgehead atoms. The molecule has 10 nitrogen and oxygen atoms in total. The summed E-state index contributed by atoms with van der Waals surface area (Å²) in [4.78, 5) is 35.3. The van der Waals surface area contributed by atoms with Crippen LogP contribution in [0.5, 0.6) is 0 Å². The number of ether oxygens (including phenoxy) is 2. The Morgan fingerprint density at radius 2 is 1.89 bits per heavy atom. The van der Waals surface area contributed by atoms with Crippen molar-refractivity contribution in [3.8, 4) is 6.07 Å². The fourth-order valence-corrected chi connectivity index (χ4v) is 5.58. The van der Waals surface area contributed by atoms with Gasteiger partial charge in [-0.05, 0) is 52.5 Å². The lowest BCUT2D eigenvalue weighted by atomic mass is 9.84. The van der Waals surface area contributed by atoms with Gasteiger partial charge >= 0.3 is 6.09 Å². The quantitative estimate of drug-likeness (QED) is 0.393. The van der Waals surface area contributed by atoms with Crippen molar-refractivity contribution in [3.63, 3.8) is 0 Å². The first-order chi connectivity index (χ1) is 17.8. The molecule has 2 amide bonds. The van der Waals surface area contributed by atoms with Crippen LogP contribution < -0.4 is 10.6 Å². The molecule has 10 heteroatoms. The number of amides is 2. The second-order valence-corrected chi connectivity index (χ2v) is 10.9. The van der Waals surface area contributed by atoms with E-state index in [1.54, 1.807) is 6.92 Å². The van der Waals surface area contributed by atoms with Crippen LogP contribution in [0.2, 0.25) is 0 Å². The number of nitrogens with zero attached hydrogens (tertiary/aromatic N) is 4. The average Bonchev–Trinajstić information content (AvgIpc) is 2.89. The number of guanidine groups is 1. The lowest BCUT2D eigenvalue weighted by molar-refractivity contribution is -0.124. The van der Waals surface area contributed by atoms with Gasteiger partial charge in [0.2, 0.25) is 11.9 Å². The van der Waals surface area contributed by atoms with Crippen LogP contribution in [0, 0.1) is 17.2 Å². The first-order valence-corrected chi connectivity index (χ1v) is 14.1. The fraction of sp³-hybridized carbons (Fsp3) is 0.852. The predicted molar refractivity (Wildman–Crippen MR) is 142 cm³/mol. The van der Waals surface area contributed by atoms with Crippen LogP contribution in [-0.2, 0) is 14.3 Å². The summed E-state index contributed by atoms with van der Waals surface area (Å²) in [7, 11) is 2.03. The van der Waals surface area contributed by atoms with Crippen LogP contribution in [-0.4, -0.2) is 91.4 Å². The van der Waals surface area contributed by atoms with Gasteiger partial charge in [-0.2, -0.15) is 5.26 Å². The minimum Gasteiger partial charge on any atom is -0.450 e. The number of hydrogen-bond acceptors (Lipinski definition) is 7. The Bertz CT molecular complexity index is 829. The second-order valence-electron chi connectivity index (χ2n) is 10.9. The molecule has 0 radical (unpaired) electrons. The third kappa shape index (κ3) is 8.57. The van der Waals surface area contributed by atoms with Crippen LogP contribution in [0.4, 0.5) is 4.79 Å². The molecule has 37 heavy (non-hydrogen) atoms. The van der Waals surface area contributed by atoms with E-state index in [2.05, 4.69) is 28.5 Å². The Kier molecular flexibility index (Phi) is 11.0. The van der Waals surface area contributed by atoms with Crippen LogP contribution in [0.1, 0.15) is 78.6 Å². The zero-order chi connectivity index (χ0) is 26.8. The lowest BCUT2D eigenvalue weighted by Crippen LogP contribution is -2.57. The van der Waals surface area contributed by atoms with Gasteiger partial charge in [0.25, 0.3) is 0 Å². The van der Waals surface area contributed by atoms with E-state index in [1.807, 2.05) is 18.9 Å². The number of aliphatic imine (C=N–C) groups is 1. The Labute approximate surface area is 222 Å². The van der Waals surface area contributed by atoms with Crippen molar-refractivity contribution in [1.82, 2.24) is 20.4 Å². The number of morpholine rings is 1. The molecule has 1 aliphatic carbocycles. The van der Waals surface area contributed by atoms with E-state index in [0.29, 0.717) is 44.2 Å². The van der Waals surface area contributed by atoms with E-state index in [-0.39, 0.29) is 24.7 Å². The normalized spacial score (nSPS) is 26.1. The summed E-state index contributed by atoms with van der Waals surface area (Å²) in [5.74, 6) is 0.491. The fourth-order valence-electron chi connectivity index (χ4n) is 5.58. The van der Waals surface area contributed by atoms with E-state index in [9.17, 15) is 14.9 Å². The van der Waals surface area contributed by atoms with E-state index < -0.39 is 17.7 Å². The molecule has 2 saturated heterocycles. The number of rotatable bonds is 7. The monoisotopic (exact) mass is 518 g/mol. The molecule has 0 aromatic rings. The minimum absolute atomic E-state index is 0.00431. The Morgan fingerprint density at radius 3 is 2.51 bits per heavy atom. The Morgan fingerprint density at radius 1 is 1.19 bits per heavy atom. The van der Waals surface area contributed by atoms with E-state index in [0.717, 1.165) is 45.2 Å². The van der Waals surface area contributed by atoms with Crippen molar-refractivity contribution in [2.24, 2.45) is 10.9 Å². The molecule has 0 aromatic heterocycles.